The van der Waals surface area contributed by atoms with E-state index in [0.29, 0.717) is 0 Å². The monoisotopic (exact) mass is 383 g/mol. The Balaban J connectivity index is 2.07. The number of hydrogen-bond acceptors (Lipinski definition) is 6. The fourth-order valence-corrected chi connectivity index (χ4v) is 3.48. The van der Waals surface area contributed by atoms with Crippen LogP contribution < -0.4 is 10.5 Å². The number of sulfonamides is 1. The van der Waals surface area contributed by atoms with E-state index in [4.69, 9.17) is 16.0 Å². The molecule has 0 aliphatic rings. The molecule has 0 radical (unpaired) electrons. The zero-order chi connectivity index (χ0) is 18.4. The number of aromatic nitrogens is 1. The lowest BCUT2D eigenvalue weighted by Gasteiger charge is -2.09. The van der Waals surface area contributed by atoms with Gasteiger partial charge in [-0.2, -0.15) is 0 Å². The molecule has 3 aromatic rings. The highest BCUT2D eigenvalue weighted by Crippen LogP contribution is 2.30. The van der Waals surface area contributed by atoms with Crippen LogP contribution in [0.15, 0.2) is 50.5 Å². The first-order valence-electron chi connectivity index (χ1n) is 6.75. The minimum Gasteiger partial charge on any atom is -0.408 e. The van der Waals surface area contributed by atoms with Gasteiger partial charge >= 0.3 is 5.76 Å². The molecule has 0 fully saturated rings. The van der Waals surface area contributed by atoms with Gasteiger partial charge in [-0.15, -0.1) is 0 Å². The van der Waals surface area contributed by atoms with E-state index in [1.807, 2.05) is 0 Å². The highest BCUT2D eigenvalue weighted by molar-refractivity contribution is 7.92. The van der Waals surface area contributed by atoms with Gasteiger partial charge in [-0.1, -0.05) is 11.6 Å². The van der Waals surface area contributed by atoms with Crippen molar-refractivity contribution in [2.24, 2.45) is 7.05 Å². The summed E-state index contributed by atoms with van der Waals surface area (Å²) in [5.74, 6) is -0.633. The molecular weight excluding hydrogens is 374 g/mol. The molecule has 3 rings (SSSR count). The molecule has 0 aliphatic carbocycles. The van der Waals surface area contributed by atoms with Gasteiger partial charge in [0, 0.05) is 18.1 Å². The van der Waals surface area contributed by atoms with Gasteiger partial charge in [0.1, 0.15) is 5.69 Å². The average molecular weight is 384 g/mol. The van der Waals surface area contributed by atoms with E-state index < -0.39 is 26.4 Å². The maximum atomic E-state index is 12.5. The van der Waals surface area contributed by atoms with Crippen LogP contribution in [-0.4, -0.2) is 17.9 Å². The van der Waals surface area contributed by atoms with Crippen molar-refractivity contribution in [1.29, 1.82) is 0 Å². The fraction of sp³-hybridized carbons (Fsp3) is 0.0714. The zero-order valence-electron chi connectivity index (χ0n) is 12.6. The van der Waals surface area contributed by atoms with Crippen LogP contribution in [-0.2, 0) is 17.1 Å². The normalized spacial score (nSPS) is 11.6. The molecule has 0 unspecified atom stereocenters. The molecule has 0 saturated carbocycles. The minimum atomic E-state index is -4.14. The molecule has 0 bridgehead atoms. The Kier molecular flexibility index (Phi) is 4.01. The molecule has 130 valence electrons. The Morgan fingerprint density at radius 1 is 1.24 bits per heavy atom. The number of oxazole rings is 1. The lowest BCUT2D eigenvalue weighted by Crippen LogP contribution is -2.14. The number of aryl methyl sites for hydroxylation is 1. The molecule has 0 aliphatic heterocycles. The van der Waals surface area contributed by atoms with Crippen molar-refractivity contribution in [2.75, 3.05) is 4.72 Å². The Labute approximate surface area is 145 Å². The van der Waals surface area contributed by atoms with Gasteiger partial charge in [0.05, 0.1) is 15.3 Å². The minimum absolute atomic E-state index is 0.101. The van der Waals surface area contributed by atoms with E-state index in [0.717, 1.165) is 10.6 Å². The number of benzene rings is 2. The summed E-state index contributed by atoms with van der Waals surface area (Å²) in [6.45, 7) is 0. The van der Waals surface area contributed by atoms with Crippen LogP contribution in [0.25, 0.3) is 11.1 Å². The second-order valence-electron chi connectivity index (χ2n) is 5.08. The topological polar surface area (TPSA) is 124 Å². The highest BCUT2D eigenvalue weighted by atomic mass is 35.5. The van der Waals surface area contributed by atoms with Crippen molar-refractivity contribution in [3.05, 3.63) is 62.1 Å². The lowest BCUT2D eigenvalue weighted by atomic mass is 10.3. The van der Waals surface area contributed by atoms with Gasteiger partial charge < -0.3 is 4.42 Å². The van der Waals surface area contributed by atoms with Crippen LogP contribution in [0.5, 0.6) is 0 Å². The maximum Gasteiger partial charge on any atom is 0.419 e. The van der Waals surface area contributed by atoms with Crippen LogP contribution in [0.2, 0.25) is 5.02 Å². The zero-order valence-corrected chi connectivity index (χ0v) is 14.2. The summed E-state index contributed by atoms with van der Waals surface area (Å²) in [6, 6.07) is 7.38. The fourth-order valence-electron chi connectivity index (χ4n) is 2.22. The summed E-state index contributed by atoms with van der Waals surface area (Å²) in [7, 11) is -2.70. The van der Waals surface area contributed by atoms with E-state index in [2.05, 4.69) is 4.72 Å². The average Bonchev–Trinajstić information content (AvgIpc) is 2.83. The Morgan fingerprint density at radius 2 is 1.96 bits per heavy atom. The van der Waals surface area contributed by atoms with Gasteiger partial charge in [-0.05, 0) is 30.3 Å². The van der Waals surface area contributed by atoms with Gasteiger partial charge in [-0.3, -0.25) is 19.4 Å². The molecule has 0 atom stereocenters. The first-order chi connectivity index (χ1) is 11.7. The summed E-state index contributed by atoms with van der Waals surface area (Å²) >= 11 is 5.71. The van der Waals surface area contributed by atoms with Gasteiger partial charge in [0.2, 0.25) is 0 Å². The van der Waals surface area contributed by atoms with E-state index in [-0.39, 0.29) is 26.7 Å². The van der Waals surface area contributed by atoms with Crippen LogP contribution in [0, 0.1) is 10.1 Å². The molecule has 1 N–H and O–H groups in total. The first-order valence-corrected chi connectivity index (χ1v) is 8.61. The third-order valence-corrected chi connectivity index (χ3v) is 5.07. The third-order valence-electron chi connectivity index (χ3n) is 3.47. The van der Waals surface area contributed by atoms with Crippen LogP contribution >= 0.6 is 11.6 Å². The number of fused-ring (bicyclic) bond motifs is 1. The summed E-state index contributed by atoms with van der Waals surface area (Å²) in [5, 5.41) is 11.2. The second kappa shape index (κ2) is 5.90. The van der Waals surface area contributed by atoms with Gasteiger partial charge in [-0.25, -0.2) is 13.2 Å². The lowest BCUT2D eigenvalue weighted by molar-refractivity contribution is -0.383. The summed E-state index contributed by atoms with van der Waals surface area (Å²) in [6.07, 6.45) is 0. The molecule has 25 heavy (non-hydrogen) atoms. The van der Waals surface area contributed by atoms with Gasteiger partial charge in [0.15, 0.2) is 5.58 Å². The molecule has 1 heterocycles. The van der Waals surface area contributed by atoms with Crippen molar-refractivity contribution in [1.82, 2.24) is 4.57 Å². The molecule has 2 aromatic carbocycles. The summed E-state index contributed by atoms with van der Waals surface area (Å²) in [5.41, 5.74) is -0.203. The van der Waals surface area contributed by atoms with Crippen molar-refractivity contribution < 1.29 is 17.8 Å². The number of nitro benzene ring substituents is 1. The quantitative estimate of drug-likeness (QED) is 0.545. The van der Waals surface area contributed by atoms with Crippen LogP contribution in [0.4, 0.5) is 11.4 Å². The molecule has 9 nitrogen and oxygen atoms in total. The number of anilines is 1. The van der Waals surface area contributed by atoms with Crippen molar-refractivity contribution in [3.63, 3.8) is 0 Å². The molecule has 0 spiro atoms. The van der Waals surface area contributed by atoms with E-state index in [1.54, 1.807) is 0 Å². The predicted octanol–water partition coefficient (Wildman–Crippen LogP) is 2.49. The number of nitrogens with one attached hydrogen (secondary N) is 1. The third kappa shape index (κ3) is 3.08. The Bertz CT molecular complexity index is 1170. The SMILES string of the molecule is Cn1c(=O)oc2ccc(S(=O)(=O)Nc3ccc(Cl)cc3[N+](=O)[O-])cc21. The maximum absolute atomic E-state index is 12.5. The number of halogens is 1. The summed E-state index contributed by atoms with van der Waals surface area (Å²) < 4.78 is 33.3. The molecule has 0 saturated heterocycles. The molecule has 11 heteroatoms. The summed E-state index contributed by atoms with van der Waals surface area (Å²) in [4.78, 5) is 21.6. The van der Waals surface area contributed by atoms with Crippen molar-refractivity contribution in [3.8, 4) is 0 Å². The smallest absolute Gasteiger partial charge is 0.408 e. The van der Waals surface area contributed by atoms with E-state index in [1.165, 1.54) is 37.4 Å². The predicted molar refractivity (Wildman–Crippen MR) is 90.4 cm³/mol. The number of rotatable bonds is 4. The Hall–Kier alpha value is -2.85. The largest absolute Gasteiger partial charge is 0.419 e. The first kappa shape index (κ1) is 17.0. The van der Waals surface area contributed by atoms with E-state index in [9.17, 15) is 23.3 Å². The highest BCUT2D eigenvalue weighted by Gasteiger charge is 2.22. The Morgan fingerprint density at radius 3 is 2.64 bits per heavy atom. The standard InChI is InChI=1S/C14H10ClN3O6S/c1-17-12-7-9(3-5-13(12)24-14(17)19)25(22,23)16-10-4-2-8(15)6-11(10)18(20)21/h2-7,16H,1H3. The van der Waals surface area contributed by atoms with Crippen molar-refractivity contribution >= 4 is 44.1 Å². The van der Waals surface area contributed by atoms with Crippen LogP contribution in [0.1, 0.15) is 0 Å². The second-order valence-corrected chi connectivity index (χ2v) is 7.20. The van der Waals surface area contributed by atoms with Gasteiger partial charge in [0.25, 0.3) is 15.7 Å². The number of hydrogen-bond donors (Lipinski definition) is 1. The van der Waals surface area contributed by atoms with Crippen molar-refractivity contribution in [2.45, 2.75) is 4.90 Å². The number of nitro groups is 1. The molecule has 1 aromatic heterocycles. The van der Waals surface area contributed by atoms with Crippen LogP contribution in [0.3, 0.4) is 0 Å². The number of nitrogens with zero attached hydrogens (tertiary/aromatic N) is 2. The molecular formula is C14H10ClN3O6S. The molecule has 0 amide bonds. The van der Waals surface area contributed by atoms with E-state index >= 15 is 0 Å².